The average Bonchev–Trinajstić information content (AvgIpc) is 3.09. The van der Waals surface area contributed by atoms with Crippen LogP contribution in [0, 0.1) is 6.92 Å². The number of rotatable bonds is 5. The Bertz CT molecular complexity index is 704. The molecule has 0 atom stereocenters. The first-order chi connectivity index (χ1) is 11.5. The number of hydrogen-bond acceptors (Lipinski definition) is 6. The molecule has 0 bridgehead atoms. The van der Waals surface area contributed by atoms with Crippen LogP contribution < -0.4 is 10.6 Å². The molecule has 1 fully saturated rings. The Labute approximate surface area is 157 Å². The molecule has 1 aliphatic rings. The molecule has 2 N–H and O–H groups in total. The van der Waals surface area contributed by atoms with Gasteiger partial charge in [-0.1, -0.05) is 5.16 Å². The van der Waals surface area contributed by atoms with Crippen LogP contribution in [0.5, 0.6) is 0 Å². The molecule has 2 aromatic rings. The van der Waals surface area contributed by atoms with Gasteiger partial charge in [-0.15, -0.1) is 12.4 Å². The van der Waals surface area contributed by atoms with E-state index in [1.807, 2.05) is 0 Å². The van der Waals surface area contributed by atoms with Gasteiger partial charge in [-0.3, -0.25) is 10.1 Å². The zero-order valence-electron chi connectivity index (χ0n) is 14.2. The number of aryl methyl sites for hydroxylation is 2. The Morgan fingerprint density at radius 3 is 2.80 bits per heavy atom. The molecule has 0 aliphatic carbocycles. The Morgan fingerprint density at radius 1 is 1.44 bits per heavy atom. The Kier molecular flexibility index (Phi) is 6.80. The van der Waals surface area contributed by atoms with Crippen molar-refractivity contribution in [2.45, 2.75) is 38.5 Å². The third kappa shape index (κ3) is 4.71. The van der Waals surface area contributed by atoms with Gasteiger partial charge in [0.1, 0.15) is 0 Å². The normalized spacial score (nSPS) is 15.0. The smallest absolute Gasteiger partial charge is 0.229 e. The number of hydrogen-bond donors (Lipinski definition) is 2. The van der Waals surface area contributed by atoms with Gasteiger partial charge in [-0.05, 0) is 50.9 Å². The lowest BCUT2D eigenvalue weighted by Crippen LogP contribution is -2.27. The molecule has 1 amide bonds. The van der Waals surface area contributed by atoms with E-state index in [1.165, 1.54) is 0 Å². The molecule has 0 saturated carbocycles. The number of carbonyl (C=O) groups is 1. The summed E-state index contributed by atoms with van der Waals surface area (Å²) in [4.78, 5) is 16.7. The molecule has 138 valence electrons. The molecule has 0 spiro atoms. The minimum Gasteiger partial charge on any atom is -0.344 e. The number of piperidine rings is 1. The van der Waals surface area contributed by atoms with Crippen molar-refractivity contribution < 1.29 is 9.32 Å². The van der Waals surface area contributed by atoms with Crippen molar-refractivity contribution in [2.24, 2.45) is 7.05 Å². The highest BCUT2D eigenvalue weighted by atomic mass is 35.5. The molecule has 25 heavy (non-hydrogen) atoms. The van der Waals surface area contributed by atoms with Crippen LogP contribution in [0.2, 0.25) is 5.22 Å². The van der Waals surface area contributed by atoms with Gasteiger partial charge in [0.25, 0.3) is 0 Å². The number of amides is 1. The molecule has 0 radical (unpaired) electrons. The van der Waals surface area contributed by atoms with E-state index >= 15 is 0 Å². The number of anilines is 1. The number of halogens is 2. The van der Waals surface area contributed by atoms with Gasteiger partial charge in [0, 0.05) is 24.9 Å². The van der Waals surface area contributed by atoms with Crippen molar-refractivity contribution in [3.8, 4) is 0 Å². The summed E-state index contributed by atoms with van der Waals surface area (Å²) in [6.07, 6.45) is 2.78. The maximum Gasteiger partial charge on any atom is 0.229 e. The maximum atomic E-state index is 12.2. The van der Waals surface area contributed by atoms with Crippen molar-refractivity contribution >= 4 is 35.9 Å². The van der Waals surface area contributed by atoms with E-state index in [2.05, 4.69) is 25.9 Å². The quantitative estimate of drug-likeness (QED) is 0.814. The summed E-state index contributed by atoms with van der Waals surface area (Å²) in [6.45, 7) is 3.75. The van der Waals surface area contributed by atoms with E-state index in [-0.39, 0.29) is 30.0 Å². The summed E-state index contributed by atoms with van der Waals surface area (Å²) in [6, 6.07) is 0. The number of nitrogens with zero attached hydrogens (tertiary/aromatic N) is 4. The average molecular weight is 389 g/mol. The van der Waals surface area contributed by atoms with Crippen LogP contribution in [0.1, 0.15) is 42.3 Å². The monoisotopic (exact) mass is 388 g/mol. The highest BCUT2D eigenvalue weighted by Crippen LogP contribution is 2.24. The van der Waals surface area contributed by atoms with Crippen molar-refractivity contribution in [1.82, 2.24) is 25.2 Å². The standard InChI is InChI=1S/C15H21ClN6O2.ClH/c1-9-11(13(16)24-21-9)3-4-12(23)18-15-19-14(20-22(15)2)10-5-7-17-8-6-10;/h10,17H,3-8H2,1-2H3,(H,18,19,20,23);1H. The highest BCUT2D eigenvalue weighted by molar-refractivity contribution is 6.29. The number of nitrogens with one attached hydrogen (secondary N) is 2. The first kappa shape index (κ1) is 19.7. The number of aromatic nitrogens is 4. The van der Waals surface area contributed by atoms with Crippen molar-refractivity contribution in [2.75, 3.05) is 18.4 Å². The van der Waals surface area contributed by atoms with Crippen LogP contribution in [0.15, 0.2) is 4.52 Å². The predicted molar refractivity (Wildman–Crippen MR) is 96.3 cm³/mol. The molecule has 3 rings (SSSR count). The topological polar surface area (TPSA) is 97.9 Å². The molecule has 8 nitrogen and oxygen atoms in total. The minimum atomic E-state index is -0.140. The van der Waals surface area contributed by atoms with Crippen molar-refractivity contribution in [3.63, 3.8) is 0 Å². The van der Waals surface area contributed by atoms with Crippen LogP contribution >= 0.6 is 24.0 Å². The summed E-state index contributed by atoms with van der Waals surface area (Å²) in [5, 5.41) is 14.6. The molecule has 0 aromatic carbocycles. The zero-order chi connectivity index (χ0) is 17.1. The van der Waals surface area contributed by atoms with E-state index in [0.717, 1.165) is 37.3 Å². The molecule has 3 heterocycles. The van der Waals surface area contributed by atoms with Crippen molar-refractivity contribution in [3.05, 3.63) is 22.3 Å². The lowest BCUT2D eigenvalue weighted by atomic mass is 9.98. The van der Waals surface area contributed by atoms with Crippen LogP contribution in [-0.2, 0) is 18.3 Å². The Morgan fingerprint density at radius 2 is 2.16 bits per heavy atom. The van der Waals surface area contributed by atoms with Crippen LogP contribution in [-0.4, -0.2) is 38.9 Å². The lowest BCUT2D eigenvalue weighted by molar-refractivity contribution is -0.116. The fraction of sp³-hybridized carbons (Fsp3) is 0.600. The summed E-state index contributed by atoms with van der Waals surface area (Å²) >= 11 is 5.91. The van der Waals surface area contributed by atoms with E-state index in [9.17, 15) is 4.79 Å². The highest BCUT2D eigenvalue weighted by Gasteiger charge is 2.21. The Hall–Kier alpha value is -1.64. The fourth-order valence-corrected chi connectivity index (χ4v) is 3.10. The second kappa shape index (κ2) is 8.64. The SMILES string of the molecule is Cc1noc(Cl)c1CCC(=O)Nc1nc(C2CCNCC2)nn1C.Cl. The van der Waals surface area contributed by atoms with Gasteiger partial charge in [0.2, 0.25) is 17.1 Å². The third-order valence-corrected chi connectivity index (χ3v) is 4.57. The largest absolute Gasteiger partial charge is 0.344 e. The van der Waals surface area contributed by atoms with Crippen LogP contribution in [0.3, 0.4) is 0 Å². The predicted octanol–water partition coefficient (Wildman–Crippen LogP) is 2.23. The van der Waals surface area contributed by atoms with Gasteiger partial charge in [0.05, 0.1) is 5.69 Å². The van der Waals surface area contributed by atoms with Gasteiger partial charge >= 0.3 is 0 Å². The summed E-state index contributed by atoms with van der Waals surface area (Å²) in [7, 11) is 1.79. The molecule has 1 saturated heterocycles. The molecular weight excluding hydrogens is 367 g/mol. The third-order valence-electron chi connectivity index (χ3n) is 4.27. The molecule has 1 aliphatic heterocycles. The van der Waals surface area contributed by atoms with Crippen molar-refractivity contribution in [1.29, 1.82) is 0 Å². The second-order valence-corrected chi connectivity index (χ2v) is 6.35. The van der Waals surface area contributed by atoms with E-state index in [4.69, 9.17) is 16.1 Å². The van der Waals surface area contributed by atoms with Crippen LogP contribution in [0.4, 0.5) is 5.95 Å². The maximum absolute atomic E-state index is 12.2. The molecule has 10 heteroatoms. The van der Waals surface area contributed by atoms with Crippen LogP contribution in [0.25, 0.3) is 0 Å². The first-order valence-electron chi connectivity index (χ1n) is 8.06. The summed E-state index contributed by atoms with van der Waals surface area (Å²) in [5.41, 5.74) is 1.47. The number of carbonyl (C=O) groups excluding carboxylic acids is 1. The van der Waals surface area contributed by atoms with Gasteiger partial charge in [-0.2, -0.15) is 10.1 Å². The molecular formula is C15H22Cl2N6O2. The second-order valence-electron chi connectivity index (χ2n) is 6.01. The minimum absolute atomic E-state index is 0. The fourth-order valence-electron chi connectivity index (χ4n) is 2.83. The molecule has 2 aromatic heterocycles. The first-order valence-corrected chi connectivity index (χ1v) is 8.44. The summed E-state index contributed by atoms with van der Waals surface area (Å²) < 4.78 is 6.51. The van der Waals surface area contributed by atoms with E-state index < -0.39 is 0 Å². The Balaban J connectivity index is 0.00000225. The van der Waals surface area contributed by atoms with Gasteiger partial charge < -0.3 is 9.84 Å². The van der Waals surface area contributed by atoms with Gasteiger partial charge in [0.15, 0.2) is 5.82 Å². The van der Waals surface area contributed by atoms with E-state index in [0.29, 0.717) is 24.0 Å². The summed E-state index contributed by atoms with van der Waals surface area (Å²) in [5.74, 6) is 1.48. The van der Waals surface area contributed by atoms with Gasteiger partial charge in [-0.25, -0.2) is 4.68 Å². The molecule has 0 unspecified atom stereocenters. The van der Waals surface area contributed by atoms with E-state index in [1.54, 1.807) is 18.7 Å². The lowest BCUT2D eigenvalue weighted by Gasteiger charge is -2.19. The zero-order valence-corrected chi connectivity index (χ0v) is 15.8.